The van der Waals surface area contributed by atoms with Crippen LogP contribution in [0.2, 0.25) is 0 Å². The Morgan fingerprint density at radius 3 is 1.31 bits per heavy atom. The number of hydrogen-bond acceptors (Lipinski definition) is 0. The van der Waals surface area contributed by atoms with Crippen LogP contribution in [0.5, 0.6) is 0 Å². The first kappa shape index (κ1) is 15.4. The van der Waals surface area contributed by atoms with Gasteiger partial charge in [0, 0.05) is 6.42 Å². The van der Waals surface area contributed by atoms with Crippen molar-refractivity contribution in [2.75, 3.05) is 0 Å². The molecule has 0 aromatic rings. The van der Waals surface area contributed by atoms with Crippen molar-refractivity contribution in [3.63, 3.8) is 0 Å². The summed E-state index contributed by atoms with van der Waals surface area (Å²) in [5, 5.41) is 0. The van der Waals surface area contributed by atoms with Gasteiger partial charge >= 0.3 is 12.4 Å². The van der Waals surface area contributed by atoms with Crippen LogP contribution in [0.15, 0.2) is 0 Å². The fourth-order valence-corrected chi connectivity index (χ4v) is 0.956. The topological polar surface area (TPSA) is 0 Å². The van der Waals surface area contributed by atoms with E-state index < -0.39 is 36.8 Å². The molecular weight excluding hydrogens is 255 g/mol. The molecule has 1 atom stereocenters. The summed E-state index contributed by atoms with van der Waals surface area (Å²) in [4.78, 5) is 0. The van der Waals surface area contributed by atoms with Gasteiger partial charge in [-0.2, -0.15) is 26.3 Å². The third-order valence-electron chi connectivity index (χ3n) is 1.87. The minimum absolute atomic E-state index is 0.594. The molecule has 0 aromatic carbocycles. The van der Waals surface area contributed by atoms with Crippen LogP contribution in [-0.4, -0.2) is 24.4 Å². The maximum Gasteiger partial charge on any atom is 0.403 e. The highest BCUT2D eigenvalue weighted by atomic mass is 19.4. The van der Waals surface area contributed by atoms with E-state index >= 15 is 0 Å². The van der Waals surface area contributed by atoms with Crippen molar-refractivity contribution in [1.82, 2.24) is 0 Å². The first-order chi connectivity index (χ1) is 6.84. The molecule has 0 radical (unpaired) electrons. The molecule has 0 nitrogen and oxygen atoms in total. The molecule has 0 saturated heterocycles. The van der Waals surface area contributed by atoms with Crippen LogP contribution in [-0.2, 0) is 0 Å². The van der Waals surface area contributed by atoms with Gasteiger partial charge in [-0.3, -0.25) is 0 Å². The lowest BCUT2D eigenvalue weighted by molar-refractivity contribution is -0.318. The zero-order chi connectivity index (χ0) is 13.4. The predicted molar refractivity (Wildman–Crippen MR) is 35.7 cm³/mol. The first-order valence-electron chi connectivity index (χ1n) is 3.99. The van der Waals surface area contributed by atoms with E-state index in [1.807, 2.05) is 0 Å². The molecule has 9 heteroatoms. The minimum Gasteiger partial charge on any atom is -0.240 e. The van der Waals surface area contributed by atoms with E-state index in [1.165, 1.54) is 0 Å². The Labute approximate surface area is 84.4 Å². The van der Waals surface area contributed by atoms with Gasteiger partial charge in [-0.15, -0.1) is 0 Å². The van der Waals surface area contributed by atoms with Gasteiger partial charge in [0.25, 0.3) is 5.92 Å². The van der Waals surface area contributed by atoms with E-state index in [1.54, 1.807) is 0 Å². The van der Waals surface area contributed by atoms with Gasteiger partial charge in [0.1, 0.15) is 0 Å². The summed E-state index contributed by atoms with van der Waals surface area (Å²) in [7, 11) is 0. The van der Waals surface area contributed by atoms with E-state index in [0.717, 1.165) is 0 Å². The second-order valence-electron chi connectivity index (χ2n) is 3.08. The SMILES string of the molecule is CCC(F)(F)C(F)C(C(F)(F)F)C(F)(F)F. The second-order valence-corrected chi connectivity index (χ2v) is 3.08. The molecule has 0 aliphatic carbocycles. The summed E-state index contributed by atoms with van der Waals surface area (Å²) in [5.74, 6) is -9.34. The fraction of sp³-hybridized carbons (Fsp3) is 1.00. The molecule has 0 aliphatic heterocycles. The molecule has 0 amide bonds. The van der Waals surface area contributed by atoms with Crippen LogP contribution in [0.25, 0.3) is 0 Å². The molecular formula is C7H7F9. The van der Waals surface area contributed by atoms with E-state index in [9.17, 15) is 39.5 Å². The van der Waals surface area contributed by atoms with Gasteiger partial charge in [-0.25, -0.2) is 13.2 Å². The number of halogens is 9. The van der Waals surface area contributed by atoms with Crippen LogP contribution in [0.1, 0.15) is 13.3 Å². The normalized spacial score (nSPS) is 16.7. The molecule has 0 heterocycles. The Morgan fingerprint density at radius 1 is 0.812 bits per heavy atom. The van der Waals surface area contributed by atoms with E-state index in [0.29, 0.717) is 6.92 Å². The smallest absolute Gasteiger partial charge is 0.240 e. The van der Waals surface area contributed by atoms with Crippen molar-refractivity contribution in [2.45, 2.75) is 37.8 Å². The maximum atomic E-state index is 12.6. The van der Waals surface area contributed by atoms with Crippen molar-refractivity contribution >= 4 is 0 Å². The molecule has 0 bridgehead atoms. The Morgan fingerprint density at radius 2 is 1.12 bits per heavy atom. The molecule has 0 spiro atoms. The molecule has 0 aliphatic rings. The first-order valence-corrected chi connectivity index (χ1v) is 3.99. The molecule has 16 heavy (non-hydrogen) atoms. The largest absolute Gasteiger partial charge is 0.403 e. The lowest BCUT2D eigenvalue weighted by Gasteiger charge is -2.30. The highest BCUT2D eigenvalue weighted by molar-refractivity contribution is 4.90. The quantitative estimate of drug-likeness (QED) is 0.671. The summed E-state index contributed by atoms with van der Waals surface area (Å²) >= 11 is 0. The van der Waals surface area contributed by atoms with Gasteiger partial charge in [0.15, 0.2) is 12.1 Å². The van der Waals surface area contributed by atoms with Crippen LogP contribution in [0, 0.1) is 5.92 Å². The lowest BCUT2D eigenvalue weighted by atomic mass is 9.95. The third-order valence-corrected chi connectivity index (χ3v) is 1.87. The number of hydrogen-bond donors (Lipinski definition) is 0. The molecule has 0 aromatic heterocycles. The summed E-state index contributed by atoms with van der Waals surface area (Å²) in [6.07, 6.45) is -18.0. The van der Waals surface area contributed by atoms with E-state index in [2.05, 4.69) is 0 Å². The fourth-order valence-electron chi connectivity index (χ4n) is 0.956. The minimum atomic E-state index is -6.10. The standard InChI is InChI=1S/C7H7F9/c1-2-5(9,10)4(8)3(6(11,12)13)7(14,15)16/h3-4H,2H2,1H3. The molecule has 0 rings (SSSR count). The molecule has 98 valence electrons. The average Bonchev–Trinajstić information content (AvgIpc) is 1.98. The zero-order valence-electron chi connectivity index (χ0n) is 7.76. The highest BCUT2D eigenvalue weighted by Gasteiger charge is 2.66. The highest BCUT2D eigenvalue weighted by Crippen LogP contribution is 2.47. The van der Waals surface area contributed by atoms with Gasteiger partial charge in [-0.1, -0.05) is 6.92 Å². The zero-order valence-corrected chi connectivity index (χ0v) is 7.76. The van der Waals surface area contributed by atoms with Crippen LogP contribution in [0.3, 0.4) is 0 Å². The summed E-state index contributed by atoms with van der Waals surface area (Å²) in [6, 6.07) is 0. The average molecular weight is 262 g/mol. The third kappa shape index (κ3) is 3.44. The molecule has 1 unspecified atom stereocenters. The van der Waals surface area contributed by atoms with Crippen LogP contribution < -0.4 is 0 Å². The van der Waals surface area contributed by atoms with E-state index in [-0.39, 0.29) is 0 Å². The molecule has 0 saturated carbocycles. The monoisotopic (exact) mass is 262 g/mol. The predicted octanol–water partition coefficient (Wildman–Crippen LogP) is 4.11. The number of alkyl halides is 9. The van der Waals surface area contributed by atoms with Crippen molar-refractivity contribution < 1.29 is 39.5 Å². The van der Waals surface area contributed by atoms with Gasteiger partial charge in [-0.05, 0) is 0 Å². The number of rotatable bonds is 3. The lowest BCUT2D eigenvalue weighted by Crippen LogP contribution is -2.50. The second kappa shape index (κ2) is 4.33. The Kier molecular flexibility index (Phi) is 4.15. The Hall–Kier alpha value is -0.630. The van der Waals surface area contributed by atoms with Gasteiger partial charge < -0.3 is 0 Å². The van der Waals surface area contributed by atoms with Crippen molar-refractivity contribution in [3.8, 4) is 0 Å². The summed E-state index contributed by atoms with van der Waals surface area (Å²) < 4.78 is 109. The maximum absolute atomic E-state index is 12.6. The molecule has 0 N–H and O–H groups in total. The molecule has 0 fully saturated rings. The van der Waals surface area contributed by atoms with Crippen molar-refractivity contribution in [1.29, 1.82) is 0 Å². The summed E-state index contributed by atoms with van der Waals surface area (Å²) in [6.45, 7) is 0.594. The Balaban J connectivity index is 5.24. The van der Waals surface area contributed by atoms with Gasteiger partial charge in [0.2, 0.25) is 0 Å². The van der Waals surface area contributed by atoms with Crippen molar-refractivity contribution in [2.24, 2.45) is 5.92 Å². The van der Waals surface area contributed by atoms with Gasteiger partial charge in [0.05, 0.1) is 0 Å². The van der Waals surface area contributed by atoms with Crippen LogP contribution in [0.4, 0.5) is 39.5 Å². The van der Waals surface area contributed by atoms with Crippen LogP contribution >= 0.6 is 0 Å². The Bertz CT molecular complexity index is 211. The summed E-state index contributed by atoms with van der Waals surface area (Å²) in [5.41, 5.74) is 0. The van der Waals surface area contributed by atoms with E-state index in [4.69, 9.17) is 0 Å². The van der Waals surface area contributed by atoms with Crippen molar-refractivity contribution in [3.05, 3.63) is 0 Å².